The summed E-state index contributed by atoms with van der Waals surface area (Å²) in [7, 11) is -1.84. The topological polar surface area (TPSA) is 121 Å². The molecule has 39 heavy (non-hydrogen) atoms. The Morgan fingerprint density at radius 2 is 1.69 bits per heavy atom. The van der Waals surface area contributed by atoms with Crippen molar-refractivity contribution in [1.82, 2.24) is 20.3 Å². The summed E-state index contributed by atoms with van der Waals surface area (Å²) in [4.78, 5) is 15.5. The maximum atomic E-state index is 12.8. The third-order valence-electron chi connectivity index (χ3n) is 7.73. The van der Waals surface area contributed by atoms with E-state index >= 15 is 0 Å². The van der Waals surface area contributed by atoms with E-state index in [0.29, 0.717) is 22.9 Å². The Morgan fingerprint density at radius 1 is 0.974 bits per heavy atom. The van der Waals surface area contributed by atoms with Crippen LogP contribution < -0.4 is 25.6 Å². The number of nitrogens with one attached hydrogen (secondary N) is 3. The third-order valence-corrected chi connectivity index (χ3v) is 9.94. The summed E-state index contributed by atoms with van der Waals surface area (Å²) in [5.74, 6) is 1.23. The Labute approximate surface area is 230 Å². The van der Waals surface area contributed by atoms with Crippen LogP contribution >= 0.6 is 0 Å². The standard InChI is InChI=1S/C28H37N7O3S/c1-20(2)39(36,37)25-9-5-4-8-23(25)33-27-30-19-29-26(34-27)32-22-11-10-21(18-24(22)38-3)35-16-13-28(14-17-35)12-6-7-15-31-28/h4-5,8-11,18-20,31H,6-7,12-17H2,1-3H3,(H2,29,30,32,33,34). The molecule has 2 aliphatic heterocycles. The normalized spacial score (nSPS) is 17.3. The Morgan fingerprint density at radius 3 is 2.36 bits per heavy atom. The van der Waals surface area contributed by atoms with Gasteiger partial charge in [-0.15, -0.1) is 0 Å². The van der Waals surface area contributed by atoms with Crippen LogP contribution in [0.5, 0.6) is 5.75 Å². The lowest BCUT2D eigenvalue weighted by molar-refractivity contribution is 0.206. The SMILES string of the molecule is COc1cc(N2CCC3(CCCCN3)CC2)ccc1Nc1ncnc(Nc2ccccc2S(=O)(=O)C(C)C)n1. The van der Waals surface area contributed by atoms with Crippen molar-refractivity contribution in [3.8, 4) is 5.75 Å². The zero-order valence-corrected chi connectivity index (χ0v) is 23.6. The Balaban J connectivity index is 1.30. The van der Waals surface area contributed by atoms with Gasteiger partial charge >= 0.3 is 0 Å². The molecule has 0 saturated carbocycles. The molecule has 3 N–H and O–H groups in total. The zero-order chi connectivity index (χ0) is 27.5. The van der Waals surface area contributed by atoms with Gasteiger partial charge in [-0.05, 0) is 70.3 Å². The molecule has 11 heteroatoms. The number of methoxy groups -OCH3 is 1. The maximum Gasteiger partial charge on any atom is 0.232 e. The van der Waals surface area contributed by atoms with Crippen molar-refractivity contribution in [3.05, 3.63) is 48.8 Å². The average Bonchev–Trinajstić information content (AvgIpc) is 2.94. The molecule has 0 unspecified atom stereocenters. The van der Waals surface area contributed by atoms with Gasteiger partial charge in [-0.3, -0.25) is 0 Å². The smallest absolute Gasteiger partial charge is 0.232 e. The van der Waals surface area contributed by atoms with Crippen molar-refractivity contribution in [3.63, 3.8) is 0 Å². The average molecular weight is 552 g/mol. The first kappa shape index (κ1) is 27.1. The van der Waals surface area contributed by atoms with Gasteiger partial charge in [0.1, 0.15) is 12.1 Å². The Kier molecular flexibility index (Phi) is 7.90. The molecule has 3 heterocycles. The summed E-state index contributed by atoms with van der Waals surface area (Å²) in [5, 5.41) is 9.49. The van der Waals surface area contributed by atoms with Gasteiger partial charge in [0.05, 0.1) is 28.6 Å². The van der Waals surface area contributed by atoms with Crippen LogP contribution in [-0.4, -0.2) is 60.9 Å². The van der Waals surface area contributed by atoms with Gasteiger partial charge in [-0.25, -0.2) is 18.4 Å². The van der Waals surface area contributed by atoms with Gasteiger partial charge in [0.2, 0.25) is 11.9 Å². The van der Waals surface area contributed by atoms with Crippen molar-refractivity contribution in [2.75, 3.05) is 42.3 Å². The van der Waals surface area contributed by atoms with Gasteiger partial charge in [-0.1, -0.05) is 18.6 Å². The number of rotatable bonds is 8. The maximum absolute atomic E-state index is 12.8. The van der Waals surface area contributed by atoms with Crippen LogP contribution in [0.1, 0.15) is 46.0 Å². The minimum atomic E-state index is -3.49. The van der Waals surface area contributed by atoms with E-state index in [9.17, 15) is 8.42 Å². The fraction of sp³-hybridized carbons (Fsp3) is 0.464. The number of piperidine rings is 2. The molecular formula is C28H37N7O3S. The first-order valence-electron chi connectivity index (χ1n) is 13.5. The van der Waals surface area contributed by atoms with Crippen LogP contribution in [-0.2, 0) is 9.84 Å². The number of ether oxygens (including phenoxy) is 1. The molecule has 2 aromatic carbocycles. The summed E-state index contributed by atoms with van der Waals surface area (Å²) in [6.45, 7) is 6.47. The number of sulfone groups is 1. The molecule has 10 nitrogen and oxygen atoms in total. The molecule has 0 radical (unpaired) electrons. The molecule has 1 aromatic heterocycles. The summed E-state index contributed by atoms with van der Waals surface area (Å²) in [5.41, 5.74) is 2.58. The summed E-state index contributed by atoms with van der Waals surface area (Å²) >= 11 is 0. The molecule has 208 valence electrons. The number of hydrogen-bond acceptors (Lipinski definition) is 10. The van der Waals surface area contributed by atoms with E-state index < -0.39 is 15.1 Å². The number of hydrogen-bond donors (Lipinski definition) is 3. The van der Waals surface area contributed by atoms with Crippen LogP contribution in [0.4, 0.5) is 29.0 Å². The molecule has 0 atom stereocenters. The molecule has 0 bridgehead atoms. The second-order valence-corrected chi connectivity index (χ2v) is 13.0. The predicted molar refractivity (Wildman–Crippen MR) is 154 cm³/mol. The van der Waals surface area contributed by atoms with E-state index in [1.165, 1.54) is 25.6 Å². The highest BCUT2D eigenvalue weighted by atomic mass is 32.2. The molecule has 0 aliphatic carbocycles. The number of nitrogens with zero attached hydrogens (tertiary/aromatic N) is 4. The molecule has 0 amide bonds. The van der Waals surface area contributed by atoms with Crippen LogP contribution in [0.15, 0.2) is 53.7 Å². The first-order chi connectivity index (χ1) is 18.8. The van der Waals surface area contributed by atoms with Gasteiger partial charge < -0.3 is 25.6 Å². The lowest BCUT2D eigenvalue weighted by Crippen LogP contribution is -2.55. The van der Waals surface area contributed by atoms with Gasteiger partial charge in [-0.2, -0.15) is 4.98 Å². The van der Waals surface area contributed by atoms with E-state index in [1.807, 2.05) is 12.1 Å². The third kappa shape index (κ3) is 5.94. The molecule has 2 saturated heterocycles. The van der Waals surface area contributed by atoms with Gasteiger partial charge in [0.25, 0.3) is 0 Å². The monoisotopic (exact) mass is 551 g/mol. The van der Waals surface area contributed by atoms with Crippen molar-refractivity contribution in [2.45, 2.75) is 61.6 Å². The van der Waals surface area contributed by atoms with E-state index in [-0.39, 0.29) is 10.8 Å². The lowest BCUT2D eigenvalue weighted by Gasteiger charge is -2.45. The summed E-state index contributed by atoms with van der Waals surface area (Å²) < 4.78 is 31.3. The van der Waals surface area contributed by atoms with Crippen LogP contribution in [0.3, 0.4) is 0 Å². The number of benzene rings is 2. The number of aromatic nitrogens is 3. The van der Waals surface area contributed by atoms with Crippen LogP contribution in [0.2, 0.25) is 0 Å². The fourth-order valence-corrected chi connectivity index (χ4v) is 6.56. The van der Waals surface area contributed by atoms with Crippen LogP contribution in [0, 0.1) is 0 Å². The molecule has 2 aliphatic rings. The van der Waals surface area contributed by atoms with Crippen molar-refractivity contribution < 1.29 is 13.2 Å². The quantitative estimate of drug-likeness (QED) is 0.364. The lowest BCUT2D eigenvalue weighted by atomic mass is 9.80. The molecule has 1 spiro atoms. The van der Waals surface area contributed by atoms with Gasteiger partial charge in [0.15, 0.2) is 9.84 Å². The Bertz CT molecular complexity index is 1400. The Hall–Kier alpha value is -3.44. The first-order valence-corrected chi connectivity index (χ1v) is 15.1. The van der Waals surface area contributed by atoms with Crippen LogP contribution in [0.25, 0.3) is 0 Å². The predicted octanol–water partition coefficient (Wildman–Crippen LogP) is 4.66. The highest BCUT2D eigenvalue weighted by Gasteiger charge is 2.35. The van der Waals surface area contributed by atoms with Crippen molar-refractivity contribution in [2.24, 2.45) is 0 Å². The minimum absolute atomic E-state index is 0.204. The summed E-state index contributed by atoms with van der Waals surface area (Å²) in [6, 6.07) is 12.8. The molecule has 5 rings (SSSR count). The number of para-hydroxylation sites is 1. The van der Waals surface area contributed by atoms with E-state index in [2.05, 4.69) is 41.9 Å². The zero-order valence-electron chi connectivity index (χ0n) is 22.8. The van der Waals surface area contributed by atoms with E-state index in [0.717, 1.165) is 43.9 Å². The van der Waals surface area contributed by atoms with E-state index in [1.54, 1.807) is 45.2 Å². The highest BCUT2D eigenvalue weighted by molar-refractivity contribution is 7.92. The van der Waals surface area contributed by atoms with Gasteiger partial charge in [0, 0.05) is 30.4 Å². The van der Waals surface area contributed by atoms with Crippen molar-refractivity contribution >= 4 is 38.8 Å². The van der Waals surface area contributed by atoms with E-state index in [4.69, 9.17) is 4.74 Å². The fourth-order valence-electron chi connectivity index (χ4n) is 5.36. The van der Waals surface area contributed by atoms with Crippen molar-refractivity contribution in [1.29, 1.82) is 0 Å². The number of anilines is 5. The molecule has 2 fully saturated rings. The second-order valence-electron chi connectivity index (χ2n) is 10.5. The summed E-state index contributed by atoms with van der Waals surface area (Å²) in [6.07, 6.45) is 7.55. The molecular weight excluding hydrogens is 514 g/mol. The largest absolute Gasteiger partial charge is 0.494 e. The second kappa shape index (κ2) is 11.4. The highest BCUT2D eigenvalue weighted by Crippen LogP contribution is 2.36. The minimum Gasteiger partial charge on any atom is -0.494 e. The molecule has 3 aromatic rings.